The number of hydrogen-bond donors (Lipinski definition) is 1. The number of rotatable bonds is 4. The zero-order chi connectivity index (χ0) is 15.4. The van der Waals surface area contributed by atoms with Gasteiger partial charge in [0.05, 0.1) is 18.1 Å². The van der Waals surface area contributed by atoms with E-state index in [-0.39, 0.29) is 11.6 Å². The molecule has 0 radical (unpaired) electrons. The lowest BCUT2D eigenvalue weighted by Gasteiger charge is -2.29. The molecule has 0 saturated carbocycles. The number of morpholine rings is 1. The van der Waals surface area contributed by atoms with Crippen molar-refractivity contribution in [3.8, 4) is 0 Å². The van der Waals surface area contributed by atoms with E-state index in [4.69, 9.17) is 4.74 Å². The lowest BCUT2D eigenvalue weighted by molar-refractivity contribution is -0.385. The van der Waals surface area contributed by atoms with Gasteiger partial charge < -0.3 is 15.0 Å². The van der Waals surface area contributed by atoms with Crippen LogP contribution in [0.1, 0.15) is 12.6 Å². The van der Waals surface area contributed by atoms with Gasteiger partial charge in [-0.3, -0.25) is 14.9 Å². The lowest BCUT2D eigenvalue weighted by atomic mass is 10.2. The second kappa shape index (κ2) is 6.49. The van der Waals surface area contributed by atoms with E-state index in [2.05, 4.69) is 10.3 Å². The highest BCUT2D eigenvalue weighted by Crippen LogP contribution is 2.18. The Morgan fingerprint density at radius 2 is 2.14 bits per heavy atom. The molecule has 1 aliphatic heterocycles. The number of nitrogens with one attached hydrogen (secondary N) is 1. The molecule has 1 N–H and O–H groups in total. The van der Waals surface area contributed by atoms with Crippen LogP contribution in [0.2, 0.25) is 0 Å². The van der Waals surface area contributed by atoms with Crippen molar-refractivity contribution in [1.29, 1.82) is 0 Å². The SMILES string of the molecule is Cc1nc(NC(C)C(=O)N2CCOCC2)ccc1[N+](=O)[O-]. The normalized spacial score (nSPS) is 16.4. The van der Waals surface area contributed by atoms with E-state index in [1.165, 1.54) is 12.1 Å². The molecule has 2 heterocycles. The van der Waals surface area contributed by atoms with Crippen LogP contribution in [0.3, 0.4) is 0 Å². The number of carbonyl (C=O) groups is 1. The third kappa shape index (κ3) is 3.66. The minimum absolute atomic E-state index is 0.0314. The molecule has 1 fully saturated rings. The van der Waals surface area contributed by atoms with Crippen molar-refractivity contribution in [1.82, 2.24) is 9.88 Å². The number of carbonyl (C=O) groups excluding carboxylic acids is 1. The van der Waals surface area contributed by atoms with Crippen LogP contribution >= 0.6 is 0 Å². The Bertz CT molecular complexity index is 543. The fraction of sp³-hybridized carbons (Fsp3) is 0.538. The van der Waals surface area contributed by atoms with Crippen LogP contribution in [0.5, 0.6) is 0 Å². The van der Waals surface area contributed by atoms with Crippen molar-refractivity contribution in [2.45, 2.75) is 19.9 Å². The first-order chi connectivity index (χ1) is 9.99. The Labute approximate surface area is 122 Å². The Hall–Kier alpha value is -2.22. The molecule has 8 nitrogen and oxygen atoms in total. The minimum Gasteiger partial charge on any atom is -0.378 e. The van der Waals surface area contributed by atoms with Crippen molar-refractivity contribution in [3.63, 3.8) is 0 Å². The van der Waals surface area contributed by atoms with Crippen LogP contribution in [0.25, 0.3) is 0 Å². The van der Waals surface area contributed by atoms with Crippen LogP contribution in [-0.2, 0) is 9.53 Å². The number of hydrogen-bond acceptors (Lipinski definition) is 6. The van der Waals surface area contributed by atoms with Crippen molar-refractivity contribution in [2.75, 3.05) is 31.6 Å². The van der Waals surface area contributed by atoms with Gasteiger partial charge in [-0.25, -0.2) is 4.98 Å². The maximum atomic E-state index is 12.2. The third-order valence-electron chi connectivity index (χ3n) is 3.31. The fourth-order valence-corrected chi connectivity index (χ4v) is 2.17. The van der Waals surface area contributed by atoms with E-state index in [0.717, 1.165) is 0 Å². The molecule has 21 heavy (non-hydrogen) atoms. The Morgan fingerprint density at radius 3 is 2.71 bits per heavy atom. The van der Waals surface area contributed by atoms with Crippen LogP contribution in [0, 0.1) is 17.0 Å². The largest absolute Gasteiger partial charge is 0.378 e. The Kier molecular flexibility index (Phi) is 4.69. The third-order valence-corrected chi connectivity index (χ3v) is 3.31. The lowest BCUT2D eigenvalue weighted by Crippen LogP contribution is -2.47. The summed E-state index contributed by atoms with van der Waals surface area (Å²) < 4.78 is 5.21. The van der Waals surface area contributed by atoms with Gasteiger partial charge in [0.2, 0.25) is 5.91 Å². The number of pyridine rings is 1. The van der Waals surface area contributed by atoms with E-state index < -0.39 is 11.0 Å². The van der Waals surface area contributed by atoms with Gasteiger partial charge in [0.25, 0.3) is 5.69 Å². The number of amides is 1. The fourth-order valence-electron chi connectivity index (χ4n) is 2.17. The molecular weight excluding hydrogens is 276 g/mol. The predicted octanol–water partition coefficient (Wildman–Crippen LogP) is 0.957. The molecule has 114 valence electrons. The topological polar surface area (TPSA) is 97.6 Å². The summed E-state index contributed by atoms with van der Waals surface area (Å²) in [5.41, 5.74) is 0.281. The highest BCUT2D eigenvalue weighted by Gasteiger charge is 2.23. The molecule has 1 unspecified atom stereocenters. The van der Waals surface area contributed by atoms with Gasteiger partial charge in [0.1, 0.15) is 17.6 Å². The molecule has 2 rings (SSSR count). The van der Waals surface area contributed by atoms with Gasteiger partial charge >= 0.3 is 0 Å². The number of nitrogens with zero attached hydrogens (tertiary/aromatic N) is 3. The maximum absolute atomic E-state index is 12.2. The summed E-state index contributed by atoms with van der Waals surface area (Å²) in [6.07, 6.45) is 0. The van der Waals surface area contributed by atoms with Crippen molar-refractivity contribution < 1.29 is 14.5 Å². The van der Waals surface area contributed by atoms with Crippen molar-refractivity contribution in [3.05, 3.63) is 27.9 Å². The van der Waals surface area contributed by atoms with Crippen LogP contribution < -0.4 is 5.32 Å². The van der Waals surface area contributed by atoms with E-state index in [1.54, 1.807) is 18.7 Å². The molecule has 1 aromatic heterocycles. The van der Waals surface area contributed by atoms with Gasteiger partial charge in [-0.05, 0) is 19.9 Å². The predicted molar refractivity (Wildman–Crippen MR) is 76.1 cm³/mol. The molecule has 0 aliphatic carbocycles. The zero-order valence-corrected chi connectivity index (χ0v) is 12.0. The number of anilines is 1. The molecule has 0 spiro atoms. The number of aromatic nitrogens is 1. The smallest absolute Gasteiger partial charge is 0.290 e. The highest BCUT2D eigenvalue weighted by molar-refractivity contribution is 5.84. The summed E-state index contributed by atoms with van der Waals surface area (Å²) in [5.74, 6) is 0.420. The quantitative estimate of drug-likeness (QED) is 0.656. The summed E-state index contributed by atoms with van der Waals surface area (Å²) in [7, 11) is 0. The van der Waals surface area contributed by atoms with Crippen LogP contribution in [0.15, 0.2) is 12.1 Å². The van der Waals surface area contributed by atoms with Gasteiger partial charge in [-0.2, -0.15) is 0 Å². The Morgan fingerprint density at radius 1 is 1.48 bits per heavy atom. The summed E-state index contributed by atoms with van der Waals surface area (Å²) >= 11 is 0. The molecule has 0 bridgehead atoms. The average molecular weight is 294 g/mol. The molecule has 0 aromatic carbocycles. The summed E-state index contributed by atoms with van der Waals surface area (Å²) in [6, 6.07) is 2.45. The average Bonchev–Trinajstić information content (AvgIpc) is 2.47. The second-order valence-electron chi connectivity index (χ2n) is 4.86. The molecule has 1 aromatic rings. The molecule has 1 aliphatic rings. The van der Waals surface area contributed by atoms with E-state index >= 15 is 0 Å². The summed E-state index contributed by atoms with van der Waals surface area (Å²) in [5, 5.41) is 13.7. The number of ether oxygens (including phenoxy) is 1. The minimum atomic E-state index is -0.478. The first-order valence-electron chi connectivity index (χ1n) is 6.74. The standard InChI is InChI=1S/C13H18N4O4/c1-9-11(17(19)20)3-4-12(14-9)15-10(2)13(18)16-5-7-21-8-6-16/h3-4,10H,5-8H2,1-2H3,(H,14,15). The Balaban J connectivity index is 2.01. The molecule has 1 amide bonds. The summed E-state index contributed by atoms with van der Waals surface area (Å²) in [4.78, 5) is 28.3. The van der Waals surface area contributed by atoms with E-state index in [1.807, 2.05) is 0 Å². The highest BCUT2D eigenvalue weighted by atomic mass is 16.6. The first-order valence-corrected chi connectivity index (χ1v) is 6.74. The molecule has 1 saturated heterocycles. The van der Waals surface area contributed by atoms with Gasteiger partial charge in [0.15, 0.2) is 0 Å². The van der Waals surface area contributed by atoms with Gasteiger partial charge in [-0.15, -0.1) is 0 Å². The molecule has 8 heteroatoms. The summed E-state index contributed by atoms with van der Waals surface area (Å²) in [6.45, 7) is 5.57. The van der Waals surface area contributed by atoms with Crippen molar-refractivity contribution >= 4 is 17.4 Å². The molecule has 1 atom stereocenters. The van der Waals surface area contributed by atoms with E-state index in [9.17, 15) is 14.9 Å². The monoisotopic (exact) mass is 294 g/mol. The van der Waals surface area contributed by atoms with E-state index in [0.29, 0.717) is 37.8 Å². The zero-order valence-electron chi connectivity index (χ0n) is 12.0. The molecular formula is C13H18N4O4. The van der Waals surface area contributed by atoms with Gasteiger partial charge in [-0.1, -0.05) is 0 Å². The van der Waals surface area contributed by atoms with Crippen molar-refractivity contribution in [2.24, 2.45) is 0 Å². The first kappa shape index (κ1) is 15.2. The number of aryl methyl sites for hydroxylation is 1. The van der Waals surface area contributed by atoms with Crippen LogP contribution in [-0.4, -0.2) is 53.1 Å². The van der Waals surface area contributed by atoms with Crippen LogP contribution in [0.4, 0.5) is 11.5 Å². The van der Waals surface area contributed by atoms with Gasteiger partial charge in [0, 0.05) is 19.2 Å². The number of nitro groups is 1. The maximum Gasteiger partial charge on any atom is 0.290 e. The second-order valence-corrected chi connectivity index (χ2v) is 4.86.